The Morgan fingerprint density at radius 3 is 3.07 bits per heavy atom. The lowest BCUT2D eigenvalue weighted by Gasteiger charge is -2.35. The summed E-state index contributed by atoms with van der Waals surface area (Å²) in [5.41, 5.74) is 1.01. The molecule has 0 fully saturated rings. The Balaban J connectivity index is 2.31. The summed E-state index contributed by atoms with van der Waals surface area (Å²) in [6, 6.07) is 6.05. The van der Waals surface area contributed by atoms with Gasteiger partial charge >= 0.3 is 0 Å². The van der Waals surface area contributed by atoms with Crippen LogP contribution in [0.15, 0.2) is 22.7 Å². The molecule has 14 heavy (non-hydrogen) atoms. The minimum atomic E-state index is -0.0686. The van der Waals surface area contributed by atoms with E-state index in [2.05, 4.69) is 35.1 Å². The second kappa shape index (κ2) is 3.46. The fourth-order valence-corrected chi connectivity index (χ4v) is 1.87. The predicted octanol–water partition coefficient (Wildman–Crippen LogP) is 3.42. The van der Waals surface area contributed by atoms with E-state index in [4.69, 9.17) is 4.74 Å². The number of ether oxygens (including phenoxy) is 1. The first kappa shape index (κ1) is 9.84. The van der Waals surface area contributed by atoms with E-state index in [1.807, 2.05) is 18.2 Å². The zero-order valence-corrected chi connectivity index (χ0v) is 10.0. The number of fused-ring (bicyclic) bond motifs is 1. The van der Waals surface area contributed by atoms with E-state index >= 15 is 0 Å². The minimum absolute atomic E-state index is 0.0686. The first-order valence-corrected chi connectivity index (χ1v) is 5.65. The van der Waals surface area contributed by atoms with Gasteiger partial charge in [-0.25, -0.2) is 0 Å². The van der Waals surface area contributed by atoms with E-state index < -0.39 is 0 Å². The maximum atomic E-state index is 5.94. The molecule has 0 aromatic heterocycles. The van der Waals surface area contributed by atoms with Gasteiger partial charge in [0.15, 0.2) is 0 Å². The zero-order valence-electron chi connectivity index (χ0n) is 8.43. The van der Waals surface area contributed by atoms with Crippen LogP contribution < -0.4 is 10.1 Å². The Kier molecular flexibility index (Phi) is 2.43. The highest BCUT2D eigenvalue weighted by atomic mass is 79.9. The summed E-state index contributed by atoms with van der Waals surface area (Å²) >= 11 is 3.44. The molecule has 0 radical (unpaired) electrons. The van der Waals surface area contributed by atoms with Gasteiger partial charge in [0.25, 0.3) is 0 Å². The van der Waals surface area contributed by atoms with Crippen molar-refractivity contribution in [2.45, 2.75) is 25.9 Å². The first-order valence-electron chi connectivity index (χ1n) is 4.85. The highest BCUT2D eigenvalue weighted by Crippen LogP contribution is 2.35. The van der Waals surface area contributed by atoms with Gasteiger partial charge in [0.1, 0.15) is 11.4 Å². The van der Waals surface area contributed by atoms with E-state index in [1.165, 1.54) is 0 Å². The molecule has 1 atom stereocenters. The quantitative estimate of drug-likeness (QED) is 0.831. The second-order valence-electron chi connectivity index (χ2n) is 3.90. The fourth-order valence-electron chi connectivity index (χ4n) is 1.51. The molecule has 76 valence electrons. The van der Waals surface area contributed by atoms with Crippen molar-refractivity contribution in [3.05, 3.63) is 22.7 Å². The molecule has 1 aliphatic heterocycles. The highest BCUT2D eigenvalue weighted by Gasteiger charge is 2.29. The maximum Gasteiger partial charge on any atom is 0.143 e. The topological polar surface area (TPSA) is 21.3 Å². The Labute approximate surface area is 92.8 Å². The first-order chi connectivity index (χ1) is 6.63. The molecular weight excluding hydrogens is 242 g/mol. The summed E-state index contributed by atoms with van der Waals surface area (Å²) in [6.45, 7) is 5.14. The lowest BCUT2D eigenvalue weighted by Crippen LogP contribution is -2.42. The molecule has 0 bridgehead atoms. The average molecular weight is 256 g/mol. The Hall–Kier alpha value is -0.700. The van der Waals surface area contributed by atoms with Crippen LogP contribution in [0, 0.1) is 0 Å². The van der Waals surface area contributed by atoms with E-state index in [-0.39, 0.29) is 5.60 Å². The van der Waals surface area contributed by atoms with Crippen molar-refractivity contribution in [3.8, 4) is 5.75 Å². The van der Waals surface area contributed by atoms with Crippen molar-refractivity contribution in [1.29, 1.82) is 0 Å². The third-order valence-electron chi connectivity index (χ3n) is 2.70. The Bertz CT molecular complexity index is 353. The van der Waals surface area contributed by atoms with Crippen LogP contribution >= 0.6 is 15.9 Å². The zero-order chi connectivity index (χ0) is 10.2. The van der Waals surface area contributed by atoms with Crippen molar-refractivity contribution in [2.24, 2.45) is 0 Å². The Morgan fingerprint density at radius 1 is 1.57 bits per heavy atom. The molecule has 1 aliphatic rings. The fraction of sp³-hybridized carbons (Fsp3) is 0.455. The van der Waals surface area contributed by atoms with E-state index in [0.29, 0.717) is 0 Å². The maximum absolute atomic E-state index is 5.94. The summed E-state index contributed by atoms with van der Waals surface area (Å²) in [7, 11) is 0. The van der Waals surface area contributed by atoms with Crippen molar-refractivity contribution in [2.75, 3.05) is 11.9 Å². The largest absolute Gasteiger partial charge is 0.484 e. The molecule has 0 saturated carbocycles. The molecule has 1 unspecified atom stereocenters. The normalized spacial score (nSPS) is 24.8. The number of hydrogen-bond donors (Lipinski definition) is 1. The van der Waals surface area contributed by atoms with Crippen LogP contribution in [-0.4, -0.2) is 12.1 Å². The molecule has 1 aromatic carbocycles. The van der Waals surface area contributed by atoms with Crippen LogP contribution in [0.2, 0.25) is 0 Å². The van der Waals surface area contributed by atoms with Gasteiger partial charge in [-0.15, -0.1) is 0 Å². The third-order valence-corrected chi connectivity index (χ3v) is 3.19. The summed E-state index contributed by atoms with van der Waals surface area (Å²) in [5.74, 6) is 0.948. The number of rotatable bonds is 1. The molecule has 1 heterocycles. The Morgan fingerprint density at radius 2 is 2.36 bits per heavy atom. The highest BCUT2D eigenvalue weighted by molar-refractivity contribution is 9.10. The van der Waals surface area contributed by atoms with Crippen LogP contribution in [-0.2, 0) is 0 Å². The third kappa shape index (κ3) is 1.73. The average Bonchev–Trinajstić information content (AvgIpc) is 2.19. The van der Waals surface area contributed by atoms with E-state index in [0.717, 1.165) is 28.9 Å². The van der Waals surface area contributed by atoms with E-state index in [1.54, 1.807) is 0 Å². The SMILES string of the molecule is CCC1(C)CNc2cc(Br)ccc2O1. The lowest BCUT2D eigenvalue weighted by atomic mass is 10.0. The van der Waals surface area contributed by atoms with Gasteiger partial charge in [0.2, 0.25) is 0 Å². The monoisotopic (exact) mass is 255 g/mol. The molecule has 3 heteroatoms. The molecular formula is C11H14BrNO. The van der Waals surface area contributed by atoms with Gasteiger partial charge in [-0.1, -0.05) is 22.9 Å². The number of nitrogens with one attached hydrogen (secondary N) is 1. The van der Waals surface area contributed by atoms with Crippen LogP contribution in [0.25, 0.3) is 0 Å². The van der Waals surface area contributed by atoms with Gasteiger partial charge in [0, 0.05) is 4.47 Å². The summed E-state index contributed by atoms with van der Waals surface area (Å²) < 4.78 is 7.02. The molecule has 2 rings (SSSR count). The van der Waals surface area contributed by atoms with Crippen molar-refractivity contribution < 1.29 is 4.74 Å². The molecule has 0 spiro atoms. The van der Waals surface area contributed by atoms with Gasteiger partial charge in [0.05, 0.1) is 12.2 Å². The summed E-state index contributed by atoms with van der Waals surface area (Å²) in [6.07, 6.45) is 1.01. The number of benzene rings is 1. The van der Waals surface area contributed by atoms with Gasteiger partial charge in [-0.2, -0.15) is 0 Å². The molecule has 0 saturated heterocycles. The van der Waals surface area contributed by atoms with Crippen LogP contribution in [0.4, 0.5) is 5.69 Å². The summed E-state index contributed by atoms with van der Waals surface area (Å²) in [4.78, 5) is 0. The predicted molar refractivity (Wildman–Crippen MR) is 62.0 cm³/mol. The summed E-state index contributed by atoms with van der Waals surface area (Å²) in [5, 5.41) is 3.39. The number of halogens is 1. The van der Waals surface area contributed by atoms with Crippen LogP contribution in [0.1, 0.15) is 20.3 Å². The molecule has 0 aliphatic carbocycles. The second-order valence-corrected chi connectivity index (χ2v) is 4.82. The molecule has 1 N–H and O–H groups in total. The van der Waals surface area contributed by atoms with Crippen molar-refractivity contribution in [3.63, 3.8) is 0 Å². The standard InChI is InChI=1S/C11H14BrNO/c1-3-11(2)7-13-9-6-8(12)4-5-10(9)14-11/h4-6,13H,3,7H2,1-2H3. The van der Waals surface area contributed by atoms with Crippen molar-refractivity contribution >= 4 is 21.6 Å². The van der Waals surface area contributed by atoms with Gasteiger partial charge in [-0.3, -0.25) is 0 Å². The molecule has 1 aromatic rings. The van der Waals surface area contributed by atoms with Gasteiger partial charge < -0.3 is 10.1 Å². The molecule has 0 amide bonds. The molecule has 2 nitrogen and oxygen atoms in total. The van der Waals surface area contributed by atoms with Crippen molar-refractivity contribution in [1.82, 2.24) is 0 Å². The van der Waals surface area contributed by atoms with E-state index in [9.17, 15) is 0 Å². The number of hydrogen-bond acceptors (Lipinski definition) is 2. The van der Waals surface area contributed by atoms with Crippen LogP contribution in [0.5, 0.6) is 5.75 Å². The van der Waals surface area contributed by atoms with Crippen LogP contribution in [0.3, 0.4) is 0 Å². The smallest absolute Gasteiger partial charge is 0.143 e. The minimum Gasteiger partial charge on any atom is -0.484 e. The number of anilines is 1. The van der Waals surface area contributed by atoms with Gasteiger partial charge in [-0.05, 0) is 31.5 Å². The lowest BCUT2D eigenvalue weighted by molar-refractivity contribution is 0.0911.